The summed E-state index contributed by atoms with van der Waals surface area (Å²) in [6.07, 6.45) is 1.57. The first-order valence-electron chi connectivity index (χ1n) is 8.36. The monoisotopic (exact) mass is 385 g/mol. The first-order chi connectivity index (χ1) is 12.9. The maximum Gasteiger partial charge on any atom is 0.272 e. The molecule has 7 heteroatoms. The second kappa shape index (κ2) is 7.75. The molecule has 0 radical (unpaired) electrons. The van der Waals surface area contributed by atoms with Gasteiger partial charge in [-0.3, -0.25) is 9.36 Å². The highest BCUT2D eigenvalue weighted by Crippen LogP contribution is 2.22. The van der Waals surface area contributed by atoms with E-state index in [1.54, 1.807) is 42.0 Å². The second-order valence-corrected chi connectivity index (χ2v) is 6.65. The van der Waals surface area contributed by atoms with Crippen LogP contribution in [0.2, 0.25) is 0 Å². The molecule has 0 saturated carbocycles. The van der Waals surface area contributed by atoms with Crippen molar-refractivity contribution in [3.05, 3.63) is 76.1 Å². The van der Waals surface area contributed by atoms with Crippen molar-refractivity contribution in [2.24, 2.45) is 0 Å². The molecule has 3 rings (SSSR count). The summed E-state index contributed by atoms with van der Waals surface area (Å²) < 4.78 is 20.6. The number of halogens is 1. The number of benzene rings is 2. The number of amides is 1. The van der Waals surface area contributed by atoms with Crippen LogP contribution in [-0.4, -0.2) is 34.5 Å². The lowest BCUT2D eigenvalue weighted by atomic mass is 10.1. The molecule has 27 heavy (non-hydrogen) atoms. The van der Waals surface area contributed by atoms with Gasteiger partial charge < -0.3 is 14.6 Å². The van der Waals surface area contributed by atoms with E-state index in [0.717, 1.165) is 16.9 Å². The van der Waals surface area contributed by atoms with Crippen molar-refractivity contribution in [2.45, 2.75) is 13.5 Å². The Morgan fingerprint density at radius 3 is 2.63 bits per heavy atom. The number of H-pyrrole nitrogens is 1. The molecule has 1 N–H and O–H groups in total. The lowest BCUT2D eigenvalue weighted by molar-refractivity contribution is 0.0776. The van der Waals surface area contributed by atoms with Crippen molar-refractivity contribution >= 4 is 18.1 Å². The van der Waals surface area contributed by atoms with Gasteiger partial charge in [0.25, 0.3) is 5.91 Å². The quantitative estimate of drug-likeness (QED) is 0.668. The summed E-state index contributed by atoms with van der Waals surface area (Å²) in [5, 5.41) is 0. The van der Waals surface area contributed by atoms with E-state index < -0.39 is 0 Å². The van der Waals surface area contributed by atoms with Gasteiger partial charge in [0.2, 0.25) is 0 Å². The number of aromatic amines is 1. The van der Waals surface area contributed by atoms with E-state index in [0.29, 0.717) is 22.7 Å². The van der Waals surface area contributed by atoms with Crippen molar-refractivity contribution in [3.8, 4) is 11.4 Å². The number of imidazole rings is 1. The maximum absolute atomic E-state index is 13.2. The number of methoxy groups -OCH3 is 1. The molecule has 0 aliphatic rings. The van der Waals surface area contributed by atoms with Gasteiger partial charge in [-0.2, -0.15) is 0 Å². The van der Waals surface area contributed by atoms with E-state index in [-0.39, 0.29) is 11.7 Å². The highest BCUT2D eigenvalue weighted by Gasteiger charge is 2.19. The zero-order chi connectivity index (χ0) is 19.6. The van der Waals surface area contributed by atoms with Crippen LogP contribution in [0.1, 0.15) is 21.6 Å². The van der Waals surface area contributed by atoms with Crippen LogP contribution in [0.25, 0.3) is 5.69 Å². The summed E-state index contributed by atoms with van der Waals surface area (Å²) in [5.41, 5.74) is 2.99. The Hall–Kier alpha value is -2.93. The highest BCUT2D eigenvalue weighted by atomic mass is 32.1. The number of nitrogens with zero attached hydrogens (tertiary/aromatic N) is 2. The van der Waals surface area contributed by atoms with Crippen LogP contribution < -0.4 is 4.74 Å². The van der Waals surface area contributed by atoms with Gasteiger partial charge in [0.05, 0.1) is 7.11 Å². The molecule has 3 aromatic rings. The molecule has 0 aliphatic heterocycles. The van der Waals surface area contributed by atoms with Crippen LogP contribution in [-0.2, 0) is 6.54 Å². The largest absolute Gasteiger partial charge is 0.496 e. The van der Waals surface area contributed by atoms with E-state index in [1.165, 1.54) is 12.1 Å². The minimum Gasteiger partial charge on any atom is -0.496 e. The molecule has 2 aromatic carbocycles. The van der Waals surface area contributed by atoms with E-state index in [1.807, 2.05) is 25.1 Å². The fourth-order valence-electron chi connectivity index (χ4n) is 2.93. The molecule has 1 heterocycles. The third-order valence-electron chi connectivity index (χ3n) is 4.27. The van der Waals surface area contributed by atoms with E-state index in [2.05, 4.69) is 4.98 Å². The van der Waals surface area contributed by atoms with E-state index in [4.69, 9.17) is 17.0 Å². The molecule has 1 aromatic heterocycles. The van der Waals surface area contributed by atoms with Gasteiger partial charge >= 0.3 is 0 Å². The topological polar surface area (TPSA) is 50.3 Å². The van der Waals surface area contributed by atoms with E-state index >= 15 is 0 Å². The Bertz CT molecular complexity index is 1020. The smallest absolute Gasteiger partial charge is 0.272 e. The molecule has 0 atom stereocenters. The molecule has 0 fully saturated rings. The normalized spacial score (nSPS) is 10.7. The predicted octanol–water partition coefficient (Wildman–Crippen LogP) is 4.26. The average molecular weight is 385 g/mol. The van der Waals surface area contributed by atoms with Crippen LogP contribution in [0.15, 0.2) is 48.7 Å². The van der Waals surface area contributed by atoms with Crippen LogP contribution in [0, 0.1) is 17.5 Å². The van der Waals surface area contributed by atoms with Gasteiger partial charge in [0.15, 0.2) is 4.77 Å². The summed E-state index contributed by atoms with van der Waals surface area (Å²) in [7, 11) is 3.32. The van der Waals surface area contributed by atoms with Crippen molar-refractivity contribution in [1.29, 1.82) is 0 Å². The average Bonchev–Trinajstić information content (AvgIpc) is 3.03. The first kappa shape index (κ1) is 18.8. The minimum atomic E-state index is -0.350. The summed E-state index contributed by atoms with van der Waals surface area (Å²) in [5.74, 6) is 0.164. The van der Waals surface area contributed by atoms with Gasteiger partial charge in [-0.05, 0) is 49.5 Å². The van der Waals surface area contributed by atoms with Crippen LogP contribution >= 0.6 is 12.2 Å². The van der Waals surface area contributed by atoms with E-state index in [9.17, 15) is 9.18 Å². The number of ether oxygens (including phenoxy) is 1. The van der Waals surface area contributed by atoms with Crippen molar-refractivity contribution in [2.75, 3.05) is 14.2 Å². The van der Waals surface area contributed by atoms with Crippen LogP contribution in [0.3, 0.4) is 0 Å². The number of carbonyl (C=O) groups is 1. The molecular weight excluding hydrogens is 365 g/mol. The van der Waals surface area contributed by atoms with Crippen LogP contribution in [0.5, 0.6) is 5.75 Å². The Morgan fingerprint density at radius 1 is 1.26 bits per heavy atom. The number of hydrogen-bond acceptors (Lipinski definition) is 3. The van der Waals surface area contributed by atoms with Crippen molar-refractivity contribution < 1.29 is 13.9 Å². The second-order valence-electron chi connectivity index (χ2n) is 6.27. The summed E-state index contributed by atoms with van der Waals surface area (Å²) >= 11 is 5.30. The van der Waals surface area contributed by atoms with Gasteiger partial charge in [-0.1, -0.05) is 17.7 Å². The van der Waals surface area contributed by atoms with Gasteiger partial charge in [0, 0.05) is 31.0 Å². The Labute approximate surface area is 162 Å². The minimum absolute atomic E-state index is 0.213. The maximum atomic E-state index is 13.2. The molecule has 5 nitrogen and oxygen atoms in total. The standard InChI is InChI=1S/C20H20FN3O2S/c1-13-4-9-18(26-3)14(10-13)12-23(2)19(25)17-11-22-20(27)24(17)16-7-5-15(21)6-8-16/h4-11H,12H2,1-3H3,(H,22,27). The SMILES string of the molecule is COc1ccc(C)cc1CN(C)C(=O)c1c[nH]c(=S)n1-c1ccc(F)cc1. The number of nitrogens with one attached hydrogen (secondary N) is 1. The molecule has 0 bridgehead atoms. The van der Waals surface area contributed by atoms with Crippen molar-refractivity contribution in [3.63, 3.8) is 0 Å². The van der Waals surface area contributed by atoms with Crippen molar-refractivity contribution in [1.82, 2.24) is 14.5 Å². The molecule has 0 aliphatic carbocycles. The summed E-state index contributed by atoms with van der Waals surface area (Å²) in [6, 6.07) is 11.7. The number of hydrogen-bond donors (Lipinski definition) is 1. The third kappa shape index (κ3) is 3.93. The molecule has 1 amide bonds. The number of rotatable bonds is 5. The lowest BCUT2D eigenvalue weighted by Gasteiger charge is -2.20. The number of aromatic nitrogens is 2. The Kier molecular flexibility index (Phi) is 5.41. The van der Waals surface area contributed by atoms with Crippen LogP contribution in [0.4, 0.5) is 4.39 Å². The van der Waals surface area contributed by atoms with Gasteiger partial charge in [-0.15, -0.1) is 0 Å². The molecule has 0 saturated heterocycles. The predicted molar refractivity (Wildman–Crippen MR) is 104 cm³/mol. The molecular formula is C20H20FN3O2S. The third-order valence-corrected chi connectivity index (χ3v) is 4.57. The number of aryl methyl sites for hydroxylation is 1. The summed E-state index contributed by atoms with van der Waals surface area (Å²) in [4.78, 5) is 17.5. The Morgan fingerprint density at radius 2 is 1.96 bits per heavy atom. The number of carbonyl (C=O) groups excluding carboxylic acids is 1. The fraction of sp³-hybridized carbons (Fsp3) is 0.200. The highest BCUT2D eigenvalue weighted by molar-refractivity contribution is 7.71. The zero-order valence-corrected chi connectivity index (χ0v) is 16.1. The summed E-state index contributed by atoms with van der Waals surface area (Å²) in [6.45, 7) is 2.37. The zero-order valence-electron chi connectivity index (χ0n) is 15.3. The molecule has 140 valence electrons. The van der Waals surface area contributed by atoms with Gasteiger partial charge in [-0.25, -0.2) is 4.39 Å². The first-order valence-corrected chi connectivity index (χ1v) is 8.77. The lowest BCUT2D eigenvalue weighted by Crippen LogP contribution is -2.28. The molecule has 0 spiro atoms. The fourth-order valence-corrected chi connectivity index (χ4v) is 3.19. The van der Waals surface area contributed by atoms with Gasteiger partial charge in [0.1, 0.15) is 17.3 Å². The molecule has 0 unspecified atom stereocenters. The Balaban J connectivity index is 1.92.